The fourth-order valence-corrected chi connectivity index (χ4v) is 2.53. The Kier molecular flexibility index (Phi) is 2.31. The van der Waals surface area contributed by atoms with Crippen LogP contribution < -0.4 is 0 Å². The third kappa shape index (κ3) is 1.87. The largest absolute Gasteiger partial charge is 0.357 e. The van der Waals surface area contributed by atoms with Crippen molar-refractivity contribution in [1.82, 2.24) is 4.90 Å². The first kappa shape index (κ1) is 9.04. The molecule has 1 aliphatic carbocycles. The Bertz CT molecular complexity index is 210. The molecular weight excluding hydrogens is 160 g/mol. The van der Waals surface area contributed by atoms with E-state index in [1.54, 1.807) is 0 Å². The number of nitrogens with one attached hydrogen (secondary N) is 1. The summed E-state index contributed by atoms with van der Waals surface area (Å²) < 4.78 is 0. The summed E-state index contributed by atoms with van der Waals surface area (Å²) >= 11 is 0. The van der Waals surface area contributed by atoms with Crippen LogP contribution in [-0.4, -0.2) is 23.3 Å². The average molecular weight is 180 g/mol. The van der Waals surface area contributed by atoms with Crippen LogP contribution in [0.2, 0.25) is 0 Å². The molecule has 1 aliphatic heterocycles. The van der Waals surface area contributed by atoms with Gasteiger partial charge in [-0.25, -0.2) is 0 Å². The summed E-state index contributed by atoms with van der Waals surface area (Å²) in [5.41, 5.74) is 0. The van der Waals surface area contributed by atoms with Crippen LogP contribution in [0.5, 0.6) is 0 Å². The monoisotopic (exact) mass is 180 g/mol. The van der Waals surface area contributed by atoms with Crippen molar-refractivity contribution in [3.05, 3.63) is 0 Å². The molecule has 2 aliphatic rings. The molecule has 2 rings (SSSR count). The molecule has 0 spiro atoms. The molecule has 2 atom stereocenters. The van der Waals surface area contributed by atoms with Gasteiger partial charge in [-0.15, -0.1) is 0 Å². The van der Waals surface area contributed by atoms with Gasteiger partial charge in [-0.05, 0) is 31.1 Å². The smallest absolute Gasteiger partial charge is 0.0960 e. The summed E-state index contributed by atoms with van der Waals surface area (Å²) in [5, 5.41) is 7.77. The van der Waals surface area contributed by atoms with Crippen molar-refractivity contribution in [2.45, 2.75) is 45.6 Å². The molecular formula is C11H20N2. The second-order valence-corrected chi connectivity index (χ2v) is 4.94. The highest BCUT2D eigenvalue weighted by atomic mass is 15.2. The van der Waals surface area contributed by atoms with Crippen molar-refractivity contribution in [3.8, 4) is 0 Å². The highest BCUT2D eigenvalue weighted by molar-refractivity contribution is 5.81. The molecule has 2 nitrogen and oxygen atoms in total. The first-order chi connectivity index (χ1) is 6.18. The van der Waals surface area contributed by atoms with Crippen molar-refractivity contribution in [1.29, 1.82) is 5.41 Å². The third-order valence-corrected chi connectivity index (χ3v) is 3.22. The lowest BCUT2D eigenvalue weighted by atomic mass is 10.1. The molecule has 2 heteroatoms. The molecule has 0 aromatic heterocycles. The summed E-state index contributed by atoms with van der Waals surface area (Å²) in [6, 6.07) is 0.748. The molecule has 0 aromatic rings. The minimum atomic E-state index is 0.748. The van der Waals surface area contributed by atoms with Crippen molar-refractivity contribution in [2.75, 3.05) is 6.54 Å². The van der Waals surface area contributed by atoms with Gasteiger partial charge in [-0.3, -0.25) is 5.41 Å². The van der Waals surface area contributed by atoms with Crippen LogP contribution in [0.3, 0.4) is 0 Å². The van der Waals surface area contributed by atoms with Crippen LogP contribution >= 0.6 is 0 Å². The lowest BCUT2D eigenvalue weighted by Gasteiger charge is -2.18. The maximum Gasteiger partial charge on any atom is 0.0960 e. The van der Waals surface area contributed by atoms with E-state index in [-0.39, 0.29) is 0 Å². The van der Waals surface area contributed by atoms with Crippen LogP contribution in [0, 0.1) is 17.2 Å². The van der Waals surface area contributed by atoms with E-state index < -0.39 is 0 Å². The Hall–Kier alpha value is -0.530. The third-order valence-electron chi connectivity index (χ3n) is 3.22. The fraction of sp³-hybridized carbons (Fsp3) is 0.909. The predicted octanol–water partition coefficient (Wildman–Crippen LogP) is 2.49. The highest BCUT2D eigenvalue weighted by Crippen LogP contribution is 2.42. The number of hydrogen-bond donors (Lipinski definition) is 1. The van der Waals surface area contributed by atoms with E-state index >= 15 is 0 Å². The van der Waals surface area contributed by atoms with Crippen LogP contribution in [0.1, 0.15) is 39.5 Å². The van der Waals surface area contributed by atoms with E-state index in [0.29, 0.717) is 0 Å². The zero-order chi connectivity index (χ0) is 9.42. The maximum absolute atomic E-state index is 7.77. The first-order valence-corrected chi connectivity index (χ1v) is 5.52. The Morgan fingerprint density at radius 3 is 2.85 bits per heavy atom. The Morgan fingerprint density at radius 1 is 1.54 bits per heavy atom. The minimum absolute atomic E-state index is 0.748. The molecule has 1 N–H and O–H groups in total. The zero-order valence-electron chi connectivity index (χ0n) is 8.71. The van der Waals surface area contributed by atoms with Gasteiger partial charge in [0.2, 0.25) is 0 Å². The summed E-state index contributed by atoms with van der Waals surface area (Å²) in [6.45, 7) is 5.74. The van der Waals surface area contributed by atoms with Gasteiger partial charge in [-0.1, -0.05) is 13.8 Å². The van der Waals surface area contributed by atoms with Gasteiger partial charge in [0.15, 0.2) is 0 Å². The normalized spacial score (nSPS) is 33.2. The van der Waals surface area contributed by atoms with Gasteiger partial charge in [-0.2, -0.15) is 0 Å². The number of nitrogens with zero attached hydrogens (tertiary/aromatic N) is 1. The van der Waals surface area contributed by atoms with E-state index in [9.17, 15) is 0 Å². The van der Waals surface area contributed by atoms with Crippen molar-refractivity contribution < 1.29 is 0 Å². The molecule has 1 heterocycles. The summed E-state index contributed by atoms with van der Waals surface area (Å²) in [7, 11) is 0. The van der Waals surface area contributed by atoms with Gasteiger partial charge >= 0.3 is 0 Å². The molecule has 0 bridgehead atoms. The van der Waals surface area contributed by atoms with E-state index in [0.717, 1.165) is 36.7 Å². The van der Waals surface area contributed by atoms with Crippen molar-refractivity contribution in [2.24, 2.45) is 11.8 Å². The minimum Gasteiger partial charge on any atom is -0.357 e. The molecule has 2 unspecified atom stereocenters. The van der Waals surface area contributed by atoms with Crippen LogP contribution in [0.15, 0.2) is 0 Å². The quantitative estimate of drug-likeness (QED) is 0.710. The fourth-order valence-electron chi connectivity index (χ4n) is 2.53. The summed E-state index contributed by atoms with van der Waals surface area (Å²) in [5.74, 6) is 2.63. The molecule has 0 amide bonds. The standard InChI is InChI=1S/C11H20N2/c1-8(2)6-9-7-10(9)13-5-3-4-11(13)12/h8-10,12H,3-7H2,1-2H3. The van der Waals surface area contributed by atoms with Crippen LogP contribution in [0.4, 0.5) is 0 Å². The zero-order valence-corrected chi connectivity index (χ0v) is 8.71. The van der Waals surface area contributed by atoms with Crippen molar-refractivity contribution >= 4 is 5.84 Å². The van der Waals surface area contributed by atoms with E-state index in [1.165, 1.54) is 19.3 Å². The second-order valence-electron chi connectivity index (χ2n) is 4.94. The molecule has 2 fully saturated rings. The molecule has 1 saturated carbocycles. The number of amidine groups is 1. The molecule has 0 radical (unpaired) electrons. The van der Waals surface area contributed by atoms with Gasteiger partial charge in [0.25, 0.3) is 0 Å². The number of hydrogen-bond acceptors (Lipinski definition) is 1. The highest BCUT2D eigenvalue weighted by Gasteiger charge is 2.43. The Morgan fingerprint density at radius 2 is 2.31 bits per heavy atom. The Labute approximate surface area is 80.8 Å². The maximum atomic E-state index is 7.77. The number of likely N-dealkylation sites (tertiary alicyclic amines) is 1. The van der Waals surface area contributed by atoms with Gasteiger partial charge < -0.3 is 4.90 Å². The molecule has 13 heavy (non-hydrogen) atoms. The van der Waals surface area contributed by atoms with Crippen LogP contribution in [0.25, 0.3) is 0 Å². The summed E-state index contributed by atoms with van der Waals surface area (Å²) in [4.78, 5) is 2.34. The van der Waals surface area contributed by atoms with E-state index in [2.05, 4.69) is 18.7 Å². The average Bonchev–Trinajstić information content (AvgIpc) is 2.63. The summed E-state index contributed by atoms with van der Waals surface area (Å²) in [6.07, 6.45) is 4.93. The van der Waals surface area contributed by atoms with Gasteiger partial charge in [0.05, 0.1) is 5.84 Å². The molecule has 1 saturated heterocycles. The van der Waals surface area contributed by atoms with Crippen molar-refractivity contribution in [3.63, 3.8) is 0 Å². The molecule has 0 aromatic carbocycles. The lowest BCUT2D eigenvalue weighted by Crippen LogP contribution is -2.27. The van der Waals surface area contributed by atoms with E-state index in [4.69, 9.17) is 5.41 Å². The topological polar surface area (TPSA) is 27.1 Å². The van der Waals surface area contributed by atoms with Gasteiger partial charge in [0.1, 0.15) is 0 Å². The van der Waals surface area contributed by atoms with Gasteiger partial charge in [0, 0.05) is 19.0 Å². The first-order valence-electron chi connectivity index (χ1n) is 5.52. The molecule has 74 valence electrons. The Balaban J connectivity index is 1.82. The lowest BCUT2D eigenvalue weighted by molar-refractivity contribution is 0.397. The number of rotatable bonds is 3. The predicted molar refractivity (Wildman–Crippen MR) is 55.0 cm³/mol. The van der Waals surface area contributed by atoms with Crippen LogP contribution in [-0.2, 0) is 0 Å². The second kappa shape index (κ2) is 3.32. The van der Waals surface area contributed by atoms with E-state index in [1.807, 2.05) is 0 Å². The SMILES string of the molecule is CC(C)CC1CC1N1CCCC1=N.